The number of ether oxygens (including phenoxy) is 1. The van der Waals surface area contributed by atoms with E-state index in [-0.39, 0.29) is 12.1 Å². The maximum Gasteiger partial charge on any atom is 0.319 e. The van der Waals surface area contributed by atoms with Gasteiger partial charge in [0.15, 0.2) is 5.96 Å². The van der Waals surface area contributed by atoms with Gasteiger partial charge in [-0.15, -0.1) is 0 Å². The molecule has 0 aliphatic heterocycles. The molecule has 28 heavy (non-hydrogen) atoms. The highest BCUT2D eigenvalue weighted by Gasteiger charge is 2.04. The lowest BCUT2D eigenvalue weighted by Crippen LogP contribution is -2.38. The van der Waals surface area contributed by atoms with Gasteiger partial charge in [0.2, 0.25) is 0 Å². The molecule has 0 heterocycles. The van der Waals surface area contributed by atoms with Crippen molar-refractivity contribution in [2.45, 2.75) is 26.4 Å². The van der Waals surface area contributed by atoms with Gasteiger partial charge in [0.1, 0.15) is 12.4 Å². The molecule has 0 bridgehead atoms. The summed E-state index contributed by atoms with van der Waals surface area (Å²) in [6.45, 7) is 5.65. The second-order valence-electron chi connectivity index (χ2n) is 6.46. The highest BCUT2D eigenvalue weighted by Crippen LogP contribution is 2.09. The van der Waals surface area contributed by atoms with Gasteiger partial charge in [0.05, 0.1) is 6.54 Å². The van der Waals surface area contributed by atoms with Crippen molar-refractivity contribution in [3.63, 3.8) is 0 Å². The molecule has 0 radical (unpaired) electrons. The molecule has 0 fully saturated rings. The maximum absolute atomic E-state index is 11.7. The summed E-state index contributed by atoms with van der Waals surface area (Å²) in [5.74, 6) is 1.55. The highest BCUT2D eigenvalue weighted by molar-refractivity contribution is 5.89. The second-order valence-corrected chi connectivity index (χ2v) is 6.46. The summed E-state index contributed by atoms with van der Waals surface area (Å²) in [5.41, 5.74) is 1.83. The Kier molecular flexibility index (Phi) is 8.65. The van der Waals surface area contributed by atoms with E-state index in [2.05, 4.69) is 26.3 Å². The topological polar surface area (TPSA) is 86.8 Å². The number of hydrogen-bond donors (Lipinski definition) is 4. The highest BCUT2D eigenvalue weighted by atomic mass is 16.5. The van der Waals surface area contributed by atoms with Crippen molar-refractivity contribution in [3.8, 4) is 5.75 Å². The molecule has 7 heteroatoms. The number of nitrogens with one attached hydrogen (secondary N) is 4. The zero-order chi connectivity index (χ0) is 20.2. The monoisotopic (exact) mass is 383 g/mol. The van der Waals surface area contributed by atoms with Crippen molar-refractivity contribution in [2.24, 2.45) is 4.99 Å². The van der Waals surface area contributed by atoms with E-state index in [4.69, 9.17) is 4.74 Å². The lowest BCUT2D eigenvalue weighted by Gasteiger charge is -2.13. The average molecular weight is 383 g/mol. The molecule has 2 aromatic rings. The molecular weight excluding hydrogens is 354 g/mol. The summed E-state index contributed by atoms with van der Waals surface area (Å²) in [7, 11) is 1.73. The Morgan fingerprint density at radius 1 is 1.04 bits per heavy atom. The van der Waals surface area contributed by atoms with Crippen LogP contribution in [0.2, 0.25) is 0 Å². The predicted octanol–water partition coefficient (Wildman–Crippen LogP) is 2.96. The minimum atomic E-state index is -0.205. The zero-order valence-corrected chi connectivity index (χ0v) is 16.7. The van der Waals surface area contributed by atoms with E-state index < -0.39 is 0 Å². The molecular formula is C21H29N5O2. The molecule has 0 saturated carbocycles. The van der Waals surface area contributed by atoms with E-state index in [1.807, 2.05) is 68.4 Å². The van der Waals surface area contributed by atoms with E-state index in [1.165, 1.54) is 0 Å². The summed E-state index contributed by atoms with van der Waals surface area (Å²) in [6, 6.07) is 17.3. The van der Waals surface area contributed by atoms with E-state index in [9.17, 15) is 4.79 Å². The summed E-state index contributed by atoms with van der Waals surface area (Å²) in [5, 5.41) is 12.1. The van der Waals surface area contributed by atoms with Gasteiger partial charge >= 0.3 is 6.03 Å². The zero-order valence-electron chi connectivity index (χ0n) is 16.7. The molecule has 150 valence electrons. The number of hydrogen-bond acceptors (Lipinski definition) is 3. The standard InChI is InChI=1S/C21H29N5O2/c1-16(2)25-21(27)26-18-11-9-17(10-12-18)15-24-20(22-3)23-13-14-28-19-7-5-4-6-8-19/h4-12,16H,13-15H2,1-3H3,(H2,22,23,24)(H2,25,26,27). The number of para-hydroxylation sites is 1. The molecule has 7 nitrogen and oxygen atoms in total. The van der Waals surface area contributed by atoms with Crippen LogP contribution in [0.1, 0.15) is 19.4 Å². The van der Waals surface area contributed by atoms with Crippen LogP contribution < -0.4 is 26.0 Å². The number of nitrogens with zero attached hydrogens (tertiary/aromatic N) is 1. The SMILES string of the molecule is CN=C(NCCOc1ccccc1)NCc1ccc(NC(=O)NC(C)C)cc1. The van der Waals surface area contributed by atoms with Gasteiger partial charge in [0.25, 0.3) is 0 Å². The fraction of sp³-hybridized carbons (Fsp3) is 0.333. The van der Waals surface area contributed by atoms with Crippen molar-refractivity contribution in [1.82, 2.24) is 16.0 Å². The van der Waals surface area contributed by atoms with Crippen LogP contribution in [0.4, 0.5) is 10.5 Å². The van der Waals surface area contributed by atoms with Gasteiger partial charge in [0, 0.05) is 25.3 Å². The molecule has 2 aromatic carbocycles. The van der Waals surface area contributed by atoms with Crippen LogP contribution in [0.5, 0.6) is 5.75 Å². The van der Waals surface area contributed by atoms with Crippen molar-refractivity contribution < 1.29 is 9.53 Å². The molecule has 2 rings (SSSR count). The molecule has 0 saturated heterocycles. The smallest absolute Gasteiger partial charge is 0.319 e. The van der Waals surface area contributed by atoms with Gasteiger partial charge in [-0.3, -0.25) is 4.99 Å². The van der Waals surface area contributed by atoms with Crippen molar-refractivity contribution in [1.29, 1.82) is 0 Å². The van der Waals surface area contributed by atoms with E-state index in [1.54, 1.807) is 7.05 Å². The Labute approximate surface area is 166 Å². The first-order valence-corrected chi connectivity index (χ1v) is 9.35. The molecule has 4 N–H and O–H groups in total. The Morgan fingerprint density at radius 2 is 1.75 bits per heavy atom. The number of anilines is 1. The first-order chi connectivity index (χ1) is 13.6. The van der Waals surface area contributed by atoms with Crippen molar-refractivity contribution in [3.05, 3.63) is 60.2 Å². The Morgan fingerprint density at radius 3 is 2.39 bits per heavy atom. The summed E-state index contributed by atoms with van der Waals surface area (Å²) >= 11 is 0. The lowest BCUT2D eigenvalue weighted by molar-refractivity contribution is 0.250. The molecule has 2 amide bonds. The quantitative estimate of drug-likeness (QED) is 0.321. The summed E-state index contributed by atoms with van der Waals surface area (Å²) < 4.78 is 5.65. The number of guanidine groups is 1. The molecule has 0 atom stereocenters. The first kappa shape index (κ1) is 21.1. The maximum atomic E-state index is 11.7. The van der Waals surface area contributed by atoms with Crippen LogP contribution in [-0.2, 0) is 6.54 Å². The van der Waals surface area contributed by atoms with Gasteiger partial charge in [-0.25, -0.2) is 4.79 Å². The molecule has 0 spiro atoms. The van der Waals surface area contributed by atoms with Crippen LogP contribution in [0, 0.1) is 0 Å². The second kappa shape index (κ2) is 11.5. The third kappa shape index (κ3) is 7.99. The van der Waals surface area contributed by atoms with Crippen LogP contribution in [-0.4, -0.2) is 38.2 Å². The fourth-order valence-electron chi connectivity index (χ4n) is 2.40. The predicted molar refractivity (Wildman–Crippen MR) is 114 cm³/mol. The number of carbonyl (C=O) groups is 1. The molecule has 0 unspecified atom stereocenters. The van der Waals surface area contributed by atoms with Gasteiger partial charge < -0.3 is 26.0 Å². The number of benzene rings is 2. The van der Waals surface area contributed by atoms with E-state index >= 15 is 0 Å². The van der Waals surface area contributed by atoms with Crippen molar-refractivity contribution in [2.75, 3.05) is 25.5 Å². The Balaban J connectivity index is 1.70. The van der Waals surface area contributed by atoms with Crippen LogP contribution in [0.25, 0.3) is 0 Å². The van der Waals surface area contributed by atoms with Gasteiger partial charge in [-0.2, -0.15) is 0 Å². The first-order valence-electron chi connectivity index (χ1n) is 9.35. The largest absolute Gasteiger partial charge is 0.492 e. The molecule has 0 aliphatic rings. The Bertz CT molecular complexity index is 745. The Hall–Kier alpha value is -3.22. The minimum Gasteiger partial charge on any atom is -0.492 e. The normalized spacial score (nSPS) is 11.1. The number of urea groups is 1. The van der Waals surface area contributed by atoms with E-state index in [0.717, 1.165) is 17.0 Å². The minimum absolute atomic E-state index is 0.0980. The number of amides is 2. The number of aliphatic imine (C=N–C) groups is 1. The fourth-order valence-corrected chi connectivity index (χ4v) is 2.40. The third-order valence-corrected chi connectivity index (χ3v) is 3.72. The lowest BCUT2D eigenvalue weighted by atomic mass is 10.2. The van der Waals surface area contributed by atoms with Gasteiger partial charge in [-0.05, 0) is 43.7 Å². The van der Waals surface area contributed by atoms with Crippen LogP contribution in [0.3, 0.4) is 0 Å². The van der Waals surface area contributed by atoms with E-state index in [0.29, 0.717) is 25.7 Å². The number of rotatable bonds is 8. The van der Waals surface area contributed by atoms with Gasteiger partial charge in [-0.1, -0.05) is 30.3 Å². The molecule has 0 aromatic heterocycles. The third-order valence-electron chi connectivity index (χ3n) is 3.72. The molecule has 0 aliphatic carbocycles. The number of carbonyl (C=O) groups excluding carboxylic acids is 1. The average Bonchev–Trinajstić information content (AvgIpc) is 2.69. The van der Waals surface area contributed by atoms with Crippen molar-refractivity contribution >= 4 is 17.7 Å². The summed E-state index contributed by atoms with van der Waals surface area (Å²) in [4.78, 5) is 15.9. The van der Waals surface area contributed by atoms with Crippen LogP contribution >= 0.6 is 0 Å². The summed E-state index contributed by atoms with van der Waals surface area (Å²) in [6.07, 6.45) is 0. The van der Waals surface area contributed by atoms with Crippen LogP contribution in [0.15, 0.2) is 59.6 Å².